The van der Waals surface area contributed by atoms with E-state index in [1.165, 1.54) is 5.56 Å². The van der Waals surface area contributed by atoms with Crippen LogP contribution in [-0.2, 0) is 4.79 Å². The normalized spacial score (nSPS) is 16.5. The van der Waals surface area contributed by atoms with Gasteiger partial charge in [0.15, 0.2) is 0 Å². The van der Waals surface area contributed by atoms with Crippen LogP contribution in [-0.4, -0.2) is 24.2 Å². The summed E-state index contributed by atoms with van der Waals surface area (Å²) >= 11 is 0. The summed E-state index contributed by atoms with van der Waals surface area (Å²) in [5, 5.41) is 12.2. The van der Waals surface area contributed by atoms with E-state index in [4.69, 9.17) is 5.11 Å². The molecular weight excluding hydrogens is 238 g/mol. The summed E-state index contributed by atoms with van der Waals surface area (Å²) in [6.45, 7) is 0.736. The number of hydrogen-bond acceptors (Lipinski definition) is 2. The van der Waals surface area contributed by atoms with E-state index in [0.29, 0.717) is 13.0 Å². The van der Waals surface area contributed by atoms with Crippen molar-refractivity contribution in [1.29, 1.82) is 0 Å². The van der Waals surface area contributed by atoms with Crippen LogP contribution in [0.25, 0.3) is 0 Å². The van der Waals surface area contributed by atoms with Gasteiger partial charge in [-0.1, -0.05) is 42.5 Å². The maximum atomic E-state index is 12.0. The number of benzene rings is 1. The van der Waals surface area contributed by atoms with E-state index >= 15 is 0 Å². The Hall–Kier alpha value is -1.61. The molecule has 1 aliphatic rings. The molecule has 1 atom stereocenters. The van der Waals surface area contributed by atoms with Crippen molar-refractivity contribution in [3.8, 4) is 0 Å². The van der Waals surface area contributed by atoms with Crippen molar-refractivity contribution in [2.24, 2.45) is 5.92 Å². The summed E-state index contributed by atoms with van der Waals surface area (Å²) in [6, 6.07) is 10.0. The third-order valence-electron chi connectivity index (χ3n) is 3.65. The summed E-state index contributed by atoms with van der Waals surface area (Å²) in [5.41, 5.74) is 1.17. The minimum atomic E-state index is 0.102. The monoisotopic (exact) mass is 259 g/mol. The molecule has 0 unspecified atom stereocenters. The third kappa shape index (κ3) is 3.93. The zero-order valence-corrected chi connectivity index (χ0v) is 11.1. The molecule has 2 N–H and O–H groups in total. The molecule has 1 amide bonds. The van der Waals surface area contributed by atoms with Crippen molar-refractivity contribution in [2.45, 2.75) is 25.2 Å². The van der Waals surface area contributed by atoms with Gasteiger partial charge in [-0.3, -0.25) is 4.79 Å². The zero-order valence-electron chi connectivity index (χ0n) is 11.1. The lowest BCUT2D eigenvalue weighted by molar-refractivity contribution is -0.124. The highest BCUT2D eigenvalue weighted by Crippen LogP contribution is 2.20. The number of hydrogen-bond donors (Lipinski definition) is 2. The molecule has 19 heavy (non-hydrogen) atoms. The Balaban J connectivity index is 1.88. The van der Waals surface area contributed by atoms with Gasteiger partial charge >= 0.3 is 0 Å². The van der Waals surface area contributed by atoms with Crippen LogP contribution in [0.2, 0.25) is 0 Å². The standard InChI is InChI=1S/C16H21NO2/c18-11-10-15(13-6-2-1-3-7-13)12-17-16(19)14-8-4-5-9-14/h1-7,14-15,18H,8-12H2,(H,17,19)/t15-/m0/s1. The number of carbonyl (C=O) groups excluding carboxylic acids is 1. The average molecular weight is 259 g/mol. The number of carbonyl (C=O) groups is 1. The molecule has 0 bridgehead atoms. The smallest absolute Gasteiger partial charge is 0.223 e. The summed E-state index contributed by atoms with van der Waals surface area (Å²) in [7, 11) is 0. The van der Waals surface area contributed by atoms with E-state index in [9.17, 15) is 4.79 Å². The SMILES string of the molecule is O=C(NC[C@H](CCO)c1ccccc1)C1CC=CC1. The van der Waals surface area contributed by atoms with E-state index in [1.807, 2.05) is 30.3 Å². The van der Waals surface area contributed by atoms with Gasteiger partial charge in [0.1, 0.15) is 0 Å². The molecule has 102 valence electrons. The number of rotatable bonds is 6. The maximum absolute atomic E-state index is 12.0. The lowest BCUT2D eigenvalue weighted by Crippen LogP contribution is -2.33. The first-order chi connectivity index (χ1) is 9.31. The molecule has 3 nitrogen and oxygen atoms in total. The molecule has 0 saturated carbocycles. The van der Waals surface area contributed by atoms with Gasteiger partial charge in [0.25, 0.3) is 0 Å². The Morgan fingerprint density at radius 1 is 1.26 bits per heavy atom. The van der Waals surface area contributed by atoms with Crippen LogP contribution in [0.5, 0.6) is 0 Å². The number of aliphatic hydroxyl groups is 1. The lowest BCUT2D eigenvalue weighted by Gasteiger charge is -2.18. The predicted molar refractivity (Wildman–Crippen MR) is 75.8 cm³/mol. The molecule has 1 aromatic carbocycles. The largest absolute Gasteiger partial charge is 0.396 e. The van der Waals surface area contributed by atoms with Crippen LogP contribution >= 0.6 is 0 Å². The predicted octanol–water partition coefficient (Wildman–Crippen LogP) is 2.24. The van der Waals surface area contributed by atoms with Gasteiger partial charge in [0.2, 0.25) is 5.91 Å². The van der Waals surface area contributed by atoms with Crippen molar-refractivity contribution in [1.82, 2.24) is 5.32 Å². The fraction of sp³-hybridized carbons (Fsp3) is 0.438. The highest BCUT2D eigenvalue weighted by atomic mass is 16.3. The highest BCUT2D eigenvalue weighted by molar-refractivity contribution is 5.79. The summed E-state index contributed by atoms with van der Waals surface area (Å²) < 4.78 is 0. The summed E-state index contributed by atoms with van der Waals surface area (Å²) in [6.07, 6.45) is 6.50. The maximum Gasteiger partial charge on any atom is 0.223 e. The second kappa shape index (κ2) is 7.10. The van der Waals surface area contributed by atoms with Crippen molar-refractivity contribution >= 4 is 5.91 Å². The van der Waals surface area contributed by atoms with Gasteiger partial charge in [-0.15, -0.1) is 0 Å². The molecule has 1 aliphatic carbocycles. The van der Waals surface area contributed by atoms with Crippen molar-refractivity contribution in [3.05, 3.63) is 48.0 Å². The molecule has 2 rings (SSSR count). The van der Waals surface area contributed by atoms with Crippen LogP contribution < -0.4 is 5.32 Å². The van der Waals surface area contributed by atoms with Crippen LogP contribution in [0.4, 0.5) is 0 Å². The Morgan fingerprint density at radius 2 is 1.95 bits per heavy atom. The van der Waals surface area contributed by atoms with Crippen molar-refractivity contribution < 1.29 is 9.90 Å². The van der Waals surface area contributed by atoms with Crippen LogP contribution in [0.3, 0.4) is 0 Å². The summed E-state index contributed by atoms with van der Waals surface area (Å²) in [5.74, 6) is 0.416. The van der Waals surface area contributed by atoms with E-state index in [-0.39, 0.29) is 24.3 Å². The Morgan fingerprint density at radius 3 is 2.58 bits per heavy atom. The van der Waals surface area contributed by atoms with Gasteiger partial charge in [0, 0.05) is 25.0 Å². The molecule has 0 aliphatic heterocycles. The molecule has 0 aromatic heterocycles. The van der Waals surface area contributed by atoms with E-state index in [2.05, 4.69) is 17.5 Å². The van der Waals surface area contributed by atoms with Gasteiger partial charge in [-0.05, 0) is 24.8 Å². The van der Waals surface area contributed by atoms with E-state index < -0.39 is 0 Å². The fourth-order valence-electron chi connectivity index (χ4n) is 2.47. The first-order valence-electron chi connectivity index (χ1n) is 6.89. The second-order valence-corrected chi connectivity index (χ2v) is 5.00. The molecule has 0 saturated heterocycles. The van der Waals surface area contributed by atoms with Gasteiger partial charge in [-0.25, -0.2) is 0 Å². The second-order valence-electron chi connectivity index (χ2n) is 5.00. The van der Waals surface area contributed by atoms with Gasteiger partial charge < -0.3 is 10.4 Å². The summed E-state index contributed by atoms with van der Waals surface area (Å²) in [4.78, 5) is 12.0. The Kier molecular flexibility index (Phi) is 5.16. The number of allylic oxidation sites excluding steroid dienone is 2. The van der Waals surface area contributed by atoms with Gasteiger partial charge in [0.05, 0.1) is 0 Å². The van der Waals surface area contributed by atoms with Gasteiger partial charge in [-0.2, -0.15) is 0 Å². The topological polar surface area (TPSA) is 49.3 Å². The molecule has 0 fully saturated rings. The first-order valence-corrected chi connectivity index (χ1v) is 6.89. The molecule has 1 aromatic rings. The zero-order chi connectivity index (χ0) is 13.5. The first kappa shape index (κ1) is 13.8. The van der Waals surface area contributed by atoms with Crippen molar-refractivity contribution in [2.75, 3.05) is 13.2 Å². The minimum Gasteiger partial charge on any atom is -0.396 e. The van der Waals surface area contributed by atoms with Crippen molar-refractivity contribution in [3.63, 3.8) is 0 Å². The quantitative estimate of drug-likeness (QED) is 0.770. The number of amides is 1. The molecule has 0 radical (unpaired) electrons. The Labute approximate surface area is 114 Å². The molecule has 0 heterocycles. The minimum absolute atomic E-state index is 0.102. The fourth-order valence-corrected chi connectivity index (χ4v) is 2.47. The molecular formula is C16H21NO2. The number of nitrogens with one attached hydrogen (secondary N) is 1. The molecule has 3 heteroatoms. The number of aliphatic hydroxyl groups excluding tert-OH is 1. The highest BCUT2D eigenvalue weighted by Gasteiger charge is 2.20. The van der Waals surface area contributed by atoms with E-state index in [1.54, 1.807) is 0 Å². The van der Waals surface area contributed by atoms with Crippen LogP contribution in [0, 0.1) is 5.92 Å². The lowest BCUT2D eigenvalue weighted by atomic mass is 9.95. The average Bonchev–Trinajstić information content (AvgIpc) is 2.98. The van der Waals surface area contributed by atoms with Crippen LogP contribution in [0.15, 0.2) is 42.5 Å². The van der Waals surface area contributed by atoms with Crippen LogP contribution in [0.1, 0.15) is 30.7 Å². The van der Waals surface area contributed by atoms with E-state index in [0.717, 1.165) is 12.8 Å². The third-order valence-corrected chi connectivity index (χ3v) is 3.65. The Bertz CT molecular complexity index is 420. The molecule has 0 spiro atoms.